The lowest BCUT2D eigenvalue weighted by Gasteiger charge is -2.28. The van der Waals surface area contributed by atoms with E-state index in [9.17, 15) is 0 Å². The van der Waals surface area contributed by atoms with Gasteiger partial charge < -0.3 is 9.47 Å². The summed E-state index contributed by atoms with van der Waals surface area (Å²) in [5.74, 6) is 0. The fourth-order valence-electron chi connectivity index (χ4n) is 5.59. The van der Waals surface area contributed by atoms with Gasteiger partial charge in [-0.3, -0.25) is 0 Å². The molecule has 3 heteroatoms. The number of benzene rings is 3. The Hall–Kier alpha value is -3.17. The van der Waals surface area contributed by atoms with E-state index < -0.39 is 0 Å². The zero-order valence-electron chi connectivity index (χ0n) is 18.4. The summed E-state index contributed by atoms with van der Waals surface area (Å²) in [6.45, 7) is 7.48. The number of hydrogen-bond acceptors (Lipinski definition) is 2. The number of pyridine rings is 1. The lowest BCUT2D eigenvalue weighted by molar-refractivity contribution is 0.314. The van der Waals surface area contributed by atoms with Crippen molar-refractivity contribution in [3.8, 4) is 11.3 Å². The maximum Gasteiger partial charge on any atom is 0.0781 e. The standard InChI is InChI=1S/C28H27N3/c1-4-31-18(2)26(22-11-7-8-12-25(22)31)28-23-17-30(3)16-15-21(23)27-20-10-6-5-9-19(20)13-14-24(27)29-28/h5-14H,4,15-17H2,1-3H3. The zero-order valence-corrected chi connectivity index (χ0v) is 18.4. The van der Waals surface area contributed by atoms with Crippen molar-refractivity contribution < 1.29 is 0 Å². The van der Waals surface area contributed by atoms with Crippen LogP contribution in [0.3, 0.4) is 0 Å². The molecule has 31 heavy (non-hydrogen) atoms. The van der Waals surface area contributed by atoms with Gasteiger partial charge >= 0.3 is 0 Å². The number of hydrogen-bond donors (Lipinski definition) is 0. The van der Waals surface area contributed by atoms with Crippen LogP contribution < -0.4 is 0 Å². The fraction of sp³-hybridized carbons (Fsp3) is 0.250. The minimum Gasteiger partial charge on any atom is -0.344 e. The first-order chi connectivity index (χ1) is 15.2. The average Bonchev–Trinajstić information content (AvgIpc) is 3.09. The maximum absolute atomic E-state index is 5.36. The molecule has 0 amide bonds. The summed E-state index contributed by atoms with van der Waals surface area (Å²) in [5, 5.41) is 5.28. The molecule has 0 atom stereocenters. The molecule has 0 aliphatic carbocycles. The lowest BCUT2D eigenvalue weighted by atomic mass is 9.89. The van der Waals surface area contributed by atoms with Crippen LogP contribution in [0.4, 0.5) is 0 Å². The largest absolute Gasteiger partial charge is 0.344 e. The second-order valence-corrected chi connectivity index (χ2v) is 8.81. The third kappa shape index (κ3) is 2.66. The van der Waals surface area contributed by atoms with Crippen LogP contribution in [0.5, 0.6) is 0 Å². The van der Waals surface area contributed by atoms with Crippen LogP contribution in [-0.4, -0.2) is 28.0 Å². The minimum absolute atomic E-state index is 0.946. The van der Waals surface area contributed by atoms with E-state index in [4.69, 9.17) is 4.98 Å². The predicted molar refractivity (Wildman–Crippen MR) is 131 cm³/mol. The van der Waals surface area contributed by atoms with Crippen LogP contribution >= 0.6 is 0 Å². The predicted octanol–water partition coefficient (Wildman–Crippen LogP) is 6.33. The Balaban J connectivity index is 1.77. The van der Waals surface area contributed by atoms with Gasteiger partial charge in [0.25, 0.3) is 0 Å². The first kappa shape index (κ1) is 18.6. The molecule has 0 saturated heterocycles. The van der Waals surface area contributed by atoms with Crippen LogP contribution in [0.15, 0.2) is 60.7 Å². The van der Waals surface area contributed by atoms with E-state index in [-0.39, 0.29) is 0 Å². The number of aryl methyl sites for hydroxylation is 1. The van der Waals surface area contributed by atoms with Gasteiger partial charge in [-0.2, -0.15) is 0 Å². The molecular weight excluding hydrogens is 378 g/mol. The highest BCUT2D eigenvalue weighted by Crippen LogP contribution is 2.41. The van der Waals surface area contributed by atoms with Crippen LogP contribution in [0.2, 0.25) is 0 Å². The van der Waals surface area contributed by atoms with Crippen LogP contribution in [0.25, 0.3) is 43.8 Å². The highest BCUT2D eigenvalue weighted by Gasteiger charge is 2.26. The van der Waals surface area contributed by atoms with E-state index in [1.54, 1.807) is 0 Å². The van der Waals surface area contributed by atoms with E-state index in [1.165, 1.54) is 55.1 Å². The zero-order chi connectivity index (χ0) is 21.1. The molecule has 6 rings (SSSR count). The molecule has 2 aromatic heterocycles. The van der Waals surface area contributed by atoms with E-state index in [1.807, 2.05) is 0 Å². The molecule has 0 unspecified atom stereocenters. The van der Waals surface area contributed by atoms with E-state index >= 15 is 0 Å². The molecule has 0 spiro atoms. The Kier molecular flexibility index (Phi) is 4.15. The van der Waals surface area contributed by atoms with E-state index in [2.05, 4.69) is 91.0 Å². The van der Waals surface area contributed by atoms with Gasteiger partial charge in [0.05, 0.1) is 11.2 Å². The second-order valence-electron chi connectivity index (χ2n) is 8.81. The monoisotopic (exact) mass is 405 g/mol. The molecule has 0 saturated carbocycles. The van der Waals surface area contributed by atoms with E-state index in [0.29, 0.717) is 0 Å². The number of likely N-dealkylation sites (N-methyl/N-ethyl adjacent to an activating group) is 1. The van der Waals surface area contributed by atoms with Crippen molar-refractivity contribution in [2.75, 3.05) is 13.6 Å². The van der Waals surface area contributed by atoms with Gasteiger partial charge in [-0.05, 0) is 61.3 Å². The summed E-state index contributed by atoms with van der Waals surface area (Å²) in [6, 6.07) is 22.0. The van der Waals surface area contributed by atoms with Crippen molar-refractivity contribution in [3.63, 3.8) is 0 Å². The smallest absolute Gasteiger partial charge is 0.0781 e. The van der Waals surface area contributed by atoms with Gasteiger partial charge in [-0.1, -0.05) is 48.5 Å². The maximum atomic E-state index is 5.36. The molecule has 154 valence electrons. The summed E-state index contributed by atoms with van der Waals surface area (Å²) < 4.78 is 2.43. The molecule has 5 aromatic rings. The number of rotatable bonds is 2. The molecule has 1 aliphatic rings. The quantitative estimate of drug-likeness (QED) is 0.320. The third-order valence-corrected chi connectivity index (χ3v) is 7.05. The molecular formula is C28H27N3. The lowest BCUT2D eigenvalue weighted by Crippen LogP contribution is -2.27. The Morgan fingerprint density at radius 3 is 2.52 bits per heavy atom. The highest BCUT2D eigenvalue weighted by molar-refractivity contribution is 6.10. The molecule has 3 aromatic carbocycles. The molecule has 0 radical (unpaired) electrons. The summed E-state index contributed by atoms with van der Waals surface area (Å²) in [5.41, 5.74) is 9.10. The number of fused-ring (bicyclic) bond motifs is 6. The van der Waals surface area contributed by atoms with Crippen LogP contribution in [0, 0.1) is 6.92 Å². The second kappa shape index (κ2) is 6.93. The molecule has 0 bridgehead atoms. The van der Waals surface area contributed by atoms with Gasteiger partial charge in [0.15, 0.2) is 0 Å². The van der Waals surface area contributed by atoms with Gasteiger partial charge in [0, 0.05) is 47.2 Å². The van der Waals surface area contributed by atoms with Crippen LogP contribution in [-0.2, 0) is 19.5 Å². The van der Waals surface area contributed by atoms with Gasteiger partial charge in [-0.15, -0.1) is 0 Å². The fourth-order valence-corrected chi connectivity index (χ4v) is 5.59. The van der Waals surface area contributed by atoms with Crippen molar-refractivity contribution in [2.24, 2.45) is 0 Å². The van der Waals surface area contributed by atoms with E-state index in [0.717, 1.165) is 31.6 Å². The summed E-state index contributed by atoms with van der Waals surface area (Å²) in [4.78, 5) is 7.79. The van der Waals surface area contributed by atoms with Crippen molar-refractivity contribution >= 4 is 32.6 Å². The Morgan fingerprint density at radius 1 is 0.903 bits per heavy atom. The molecule has 1 aliphatic heterocycles. The Morgan fingerprint density at radius 2 is 1.68 bits per heavy atom. The van der Waals surface area contributed by atoms with Crippen molar-refractivity contribution in [2.45, 2.75) is 33.4 Å². The van der Waals surface area contributed by atoms with Gasteiger partial charge in [0.1, 0.15) is 0 Å². The number of aromatic nitrogens is 2. The van der Waals surface area contributed by atoms with Crippen molar-refractivity contribution in [3.05, 3.63) is 77.5 Å². The minimum atomic E-state index is 0.946. The first-order valence-electron chi connectivity index (χ1n) is 11.3. The number of para-hydroxylation sites is 1. The molecule has 3 heterocycles. The Bertz CT molecular complexity index is 1470. The molecule has 3 nitrogen and oxygen atoms in total. The van der Waals surface area contributed by atoms with Gasteiger partial charge in [0.2, 0.25) is 0 Å². The Labute approximate surface area is 182 Å². The summed E-state index contributed by atoms with van der Waals surface area (Å²) in [6.07, 6.45) is 1.07. The highest BCUT2D eigenvalue weighted by atomic mass is 15.1. The van der Waals surface area contributed by atoms with Gasteiger partial charge in [-0.25, -0.2) is 4.98 Å². The average molecular weight is 406 g/mol. The summed E-state index contributed by atoms with van der Waals surface area (Å²) in [7, 11) is 2.22. The first-order valence-corrected chi connectivity index (χ1v) is 11.3. The topological polar surface area (TPSA) is 21.1 Å². The molecule has 0 N–H and O–H groups in total. The number of nitrogens with zero attached hydrogens (tertiary/aromatic N) is 3. The SMILES string of the molecule is CCn1c(C)c(-c2nc3ccc4ccccc4c3c3c2CN(C)CC3)c2ccccc21. The molecule has 0 fully saturated rings. The van der Waals surface area contributed by atoms with Crippen LogP contribution in [0.1, 0.15) is 23.7 Å². The summed E-state index contributed by atoms with van der Waals surface area (Å²) >= 11 is 0. The van der Waals surface area contributed by atoms with Crippen molar-refractivity contribution in [1.82, 2.24) is 14.5 Å². The normalized spacial score (nSPS) is 14.5. The van der Waals surface area contributed by atoms with Crippen molar-refractivity contribution in [1.29, 1.82) is 0 Å². The third-order valence-electron chi connectivity index (χ3n) is 7.05.